The van der Waals surface area contributed by atoms with Crippen molar-refractivity contribution in [1.82, 2.24) is 0 Å². The maximum absolute atomic E-state index is 5.06. The summed E-state index contributed by atoms with van der Waals surface area (Å²) in [5, 5.41) is 2.16. The van der Waals surface area contributed by atoms with Crippen molar-refractivity contribution in [2.24, 2.45) is 4.99 Å². The van der Waals surface area contributed by atoms with Crippen LogP contribution >= 0.6 is 0 Å². The highest BCUT2D eigenvalue weighted by Gasteiger charge is 2.30. The van der Waals surface area contributed by atoms with Crippen LogP contribution in [0.2, 0.25) is 0 Å². The molecule has 0 aliphatic carbocycles. The Morgan fingerprint density at radius 1 is 0.508 bits per heavy atom. The SMILES string of the molecule is C=CC/C=C\C=C/CN(c1ccccc1)c1c(N2C=C(c3ccc(N(c4ccccc4)c4ccccc4)cc3)C=CC2)c(N=C)c(N(c2ccccc2)c2ccccc2)c2ccccc12. The van der Waals surface area contributed by atoms with Gasteiger partial charge in [0.2, 0.25) is 0 Å². The Hall–Kier alpha value is -8.41. The number of hydrogen-bond donors (Lipinski definition) is 0. The quantitative estimate of drug-likeness (QED) is 0.0550. The molecule has 8 aromatic rings. The van der Waals surface area contributed by atoms with Crippen LogP contribution in [0.3, 0.4) is 0 Å². The predicted molar refractivity (Wildman–Crippen MR) is 280 cm³/mol. The van der Waals surface area contributed by atoms with Gasteiger partial charge in [0.05, 0.1) is 17.1 Å². The average Bonchev–Trinajstić information content (AvgIpc) is 3.38. The molecular formula is C60H51N5. The van der Waals surface area contributed by atoms with E-state index in [9.17, 15) is 0 Å². The molecular weight excluding hydrogens is 791 g/mol. The minimum absolute atomic E-state index is 0.609. The highest BCUT2D eigenvalue weighted by Crippen LogP contribution is 2.56. The van der Waals surface area contributed by atoms with Crippen LogP contribution in [0.25, 0.3) is 16.3 Å². The minimum atomic E-state index is 0.609. The van der Waals surface area contributed by atoms with Gasteiger partial charge >= 0.3 is 0 Å². The molecule has 0 aromatic heterocycles. The van der Waals surface area contributed by atoms with Crippen LogP contribution in [0.5, 0.6) is 0 Å². The summed E-state index contributed by atoms with van der Waals surface area (Å²) in [6, 6.07) is 70.4. The van der Waals surface area contributed by atoms with Gasteiger partial charge < -0.3 is 19.6 Å². The number of nitrogens with zero attached hydrogens (tertiary/aromatic N) is 5. The average molecular weight is 842 g/mol. The topological polar surface area (TPSA) is 25.3 Å². The van der Waals surface area contributed by atoms with Crippen LogP contribution in [0.4, 0.5) is 56.9 Å². The molecule has 0 bridgehead atoms. The first kappa shape index (κ1) is 41.9. The van der Waals surface area contributed by atoms with Gasteiger partial charge in [0.25, 0.3) is 0 Å². The lowest BCUT2D eigenvalue weighted by Gasteiger charge is -2.37. The van der Waals surface area contributed by atoms with Crippen LogP contribution in [-0.4, -0.2) is 19.8 Å². The maximum atomic E-state index is 5.06. The van der Waals surface area contributed by atoms with Crippen LogP contribution in [0, 0.1) is 0 Å². The zero-order chi connectivity index (χ0) is 44.2. The number of hydrogen-bond acceptors (Lipinski definition) is 5. The van der Waals surface area contributed by atoms with E-state index in [-0.39, 0.29) is 0 Å². The Morgan fingerprint density at radius 2 is 0.969 bits per heavy atom. The van der Waals surface area contributed by atoms with Crippen LogP contribution in [0.15, 0.2) is 260 Å². The Labute approximate surface area is 383 Å². The molecule has 316 valence electrons. The summed E-state index contributed by atoms with van der Waals surface area (Å²) in [6.07, 6.45) is 18.0. The van der Waals surface area contributed by atoms with Crippen molar-refractivity contribution in [2.45, 2.75) is 6.42 Å². The van der Waals surface area contributed by atoms with Gasteiger partial charge in [-0.2, -0.15) is 0 Å². The minimum Gasteiger partial charge on any atom is -0.340 e. The van der Waals surface area contributed by atoms with E-state index in [1.54, 1.807) is 0 Å². The van der Waals surface area contributed by atoms with E-state index in [1.807, 2.05) is 6.08 Å². The largest absolute Gasteiger partial charge is 0.340 e. The van der Waals surface area contributed by atoms with Gasteiger partial charge in [-0.15, -0.1) is 6.58 Å². The molecule has 0 radical (unpaired) electrons. The lowest BCUT2D eigenvalue weighted by molar-refractivity contribution is 1.04. The zero-order valence-corrected chi connectivity index (χ0v) is 36.4. The lowest BCUT2D eigenvalue weighted by Crippen LogP contribution is -2.25. The Kier molecular flexibility index (Phi) is 13.0. The lowest BCUT2D eigenvalue weighted by atomic mass is 9.97. The molecule has 0 spiro atoms. The molecule has 9 rings (SSSR count). The van der Waals surface area contributed by atoms with E-state index in [1.165, 1.54) is 0 Å². The van der Waals surface area contributed by atoms with Crippen molar-refractivity contribution >= 4 is 79.9 Å². The number of benzene rings is 8. The third-order valence-electron chi connectivity index (χ3n) is 11.5. The molecule has 8 aromatic carbocycles. The van der Waals surface area contributed by atoms with Crippen molar-refractivity contribution in [3.8, 4) is 0 Å². The van der Waals surface area contributed by atoms with Gasteiger partial charge in [-0.25, -0.2) is 0 Å². The predicted octanol–water partition coefficient (Wildman–Crippen LogP) is 16.4. The standard InChI is InChI=1S/C60H51N5/c1-3-4-5-6-7-25-45-63(49-28-13-8-14-29-49)59-56-39-24-23-38-55(56)58(65(52-34-19-11-20-35-52)53-36-21-12-22-37-53)57(61-2)60(59)62-44-26-27-48(46-62)47-40-42-54(43-41-47)64(50-30-15-9-16-31-50)51-32-17-10-18-33-51/h3,5-43,46H,1-2,4,44-45H2/b6-5-,25-7-. The normalized spacial score (nSPS) is 12.4. The summed E-state index contributed by atoms with van der Waals surface area (Å²) in [5.74, 6) is 0. The summed E-state index contributed by atoms with van der Waals surface area (Å²) >= 11 is 0. The van der Waals surface area contributed by atoms with E-state index in [0.29, 0.717) is 13.1 Å². The second-order valence-electron chi connectivity index (χ2n) is 15.6. The van der Waals surface area contributed by atoms with Gasteiger partial charge in [-0.1, -0.05) is 170 Å². The van der Waals surface area contributed by atoms with Crippen LogP contribution < -0.4 is 19.6 Å². The van der Waals surface area contributed by atoms with Gasteiger partial charge in [-0.05, 0) is 97.1 Å². The van der Waals surface area contributed by atoms with Crippen molar-refractivity contribution < 1.29 is 0 Å². The van der Waals surface area contributed by atoms with Crippen molar-refractivity contribution in [2.75, 3.05) is 32.7 Å². The van der Waals surface area contributed by atoms with E-state index >= 15 is 0 Å². The molecule has 0 N–H and O–H groups in total. The molecule has 0 saturated heterocycles. The van der Waals surface area contributed by atoms with Gasteiger partial charge in [0.15, 0.2) is 0 Å². The van der Waals surface area contributed by atoms with Crippen molar-refractivity contribution in [3.05, 3.63) is 261 Å². The fourth-order valence-corrected chi connectivity index (χ4v) is 8.58. The first-order valence-electron chi connectivity index (χ1n) is 22.1. The van der Waals surface area contributed by atoms with E-state index in [4.69, 9.17) is 4.99 Å². The van der Waals surface area contributed by atoms with Gasteiger partial charge in [0.1, 0.15) is 5.69 Å². The number of aliphatic imine (C=N–C) groups is 1. The number of allylic oxidation sites excluding steroid dienone is 6. The monoisotopic (exact) mass is 841 g/mol. The van der Waals surface area contributed by atoms with Gasteiger partial charge in [0, 0.05) is 64.2 Å². The third-order valence-corrected chi connectivity index (χ3v) is 11.5. The second-order valence-corrected chi connectivity index (χ2v) is 15.6. The van der Waals surface area contributed by atoms with Crippen molar-refractivity contribution in [1.29, 1.82) is 0 Å². The number of para-hydroxylation sites is 5. The Balaban J connectivity index is 1.25. The molecule has 0 unspecified atom stereocenters. The fraction of sp³-hybridized carbons (Fsp3) is 0.0500. The summed E-state index contributed by atoms with van der Waals surface area (Å²) < 4.78 is 0. The first-order valence-corrected chi connectivity index (χ1v) is 22.1. The van der Waals surface area contributed by atoms with Gasteiger partial charge in [-0.3, -0.25) is 4.99 Å². The van der Waals surface area contributed by atoms with Crippen molar-refractivity contribution in [3.63, 3.8) is 0 Å². The number of anilines is 9. The Bertz CT molecular complexity index is 2900. The second kappa shape index (κ2) is 20.2. The molecule has 0 saturated carbocycles. The summed E-state index contributed by atoms with van der Waals surface area (Å²) in [7, 11) is 0. The van der Waals surface area contributed by atoms with E-state index < -0.39 is 0 Å². The Morgan fingerprint density at radius 3 is 1.49 bits per heavy atom. The summed E-state index contributed by atoms with van der Waals surface area (Å²) in [4.78, 5) is 14.4. The zero-order valence-electron chi connectivity index (χ0n) is 36.4. The number of fused-ring (bicyclic) bond motifs is 1. The third kappa shape index (κ3) is 9.08. The molecule has 65 heavy (non-hydrogen) atoms. The smallest absolute Gasteiger partial charge is 0.113 e. The fourth-order valence-electron chi connectivity index (χ4n) is 8.58. The molecule has 0 atom stereocenters. The molecule has 1 aliphatic heterocycles. The molecule has 0 fully saturated rings. The molecule has 1 aliphatic rings. The molecule has 0 amide bonds. The van der Waals surface area contributed by atoms with Crippen LogP contribution in [0.1, 0.15) is 12.0 Å². The highest BCUT2D eigenvalue weighted by atomic mass is 15.2. The highest BCUT2D eigenvalue weighted by molar-refractivity contribution is 6.17. The molecule has 1 heterocycles. The number of rotatable bonds is 16. The van der Waals surface area contributed by atoms with E-state index in [0.717, 1.165) is 85.2 Å². The molecule has 5 heteroatoms. The van der Waals surface area contributed by atoms with E-state index in [2.05, 4.69) is 276 Å². The van der Waals surface area contributed by atoms with Crippen LogP contribution in [-0.2, 0) is 0 Å². The first-order chi connectivity index (χ1) is 32.2. The summed E-state index contributed by atoms with van der Waals surface area (Å²) in [5.41, 5.74) is 12.3. The maximum Gasteiger partial charge on any atom is 0.113 e. The summed E-state index contributed by atoms with van der Waals surface area (Å²) in [6.45, 7) is 9.48. The molecule has 5 nitrogen and oxygen atoms in total.